The Morgan fingerprint density at radius 2 is 1.93 bits per heavy atom. The number of methoxy groups -OCH3 is 1. The van der Waals surface area contributed by atoms with Crippen LogP contribution < -0.4 is 15.2 Å². The zero-order chi connectivity index (χ0) is 20.6. The van der Waals surface area contributed by atoms with Crippen LogP contribution in [0.1, 0.15) is 43.7 Å². The van der Waals surface area contributed by atoms with Crippen LogP contribution in [0.5, 0.6) is 11.5 Å². The number of nitrogens with zero attached hydrogens (tertiary/aromatic N) is 1. The molecule has 2 N–H and O–H groups in total. The summed E-state index contributed by atoms with van der Waals surface area (Å²) in [5.41, 5.74) is 8.86. The van der Waals surface area contributed by atoms with E-state index in [0.717, 1.165) is 19.3 Å². The second-order valence-corrected chi connectivity index (χ2v) is 8.84. The van der Waals surface area contributed by atoms with Gasteiger partial charge in [-0.1, -0.05) is 38.1 Å². The summed E-state index contributed by atoms with van der Waals surface area (Å²) in [7, 11) is 1.62. The molecule has 2 unspecified atom stereocenters. The summed E-state index contributed by atoms with van der Waals surface area (Å²) < 4.78 is 11.8. The molecule has 2 aliphatic rings. The fraction of sp³-hybridized carbons (Fsp3) is 0.458. The maximum absolute atomic E-state index is 13.3. The number of benzene rings is 2. The molecule has 2 aromatic carbocycles. The largest absolute Gasteiger partial charge is 0.493 e. The van der Waals surface area contributed by atoms with Crippen molar-refractivity contribution in [3.05, 3.63) is 53.6 Å². The Labute approximate surface area is 172 Å². The summed E-state index contributed by atoms with van der Waals surface area (Å²) >= 11 is 0. The van der Waals surface area contributed by atoms with Crippen LogP contribution in [0.3, 0.4) is 0 Å². The van der Waals surface area contributed by atoms with Crippen LogP contribution in [0.2, 0.25) is 0 Å². The standard InChI is InChI=1S/C24H30N2O3/c1-24(2)15-26(23(27)19-10-8-16-6-4-5-7-18(16)19)13-12-22(24)29-20-11-9-17(25)14-21(20)28-3/h4-7,9,11,14,19,22H,8,10,12-13,15,25H2,1-3H3. The van der Waals surface area contributed by atoms with Crippen molar-refractivity contribution in [3.63, 3.8) is 0 Å². The zero-order valence-electron chi connectivity index (χ0n) is 17.5. The summed E-state index contributed by atoms with van der Waals surface area (Å²) in [5, 5.41) is 0. The number of piperidine rings is 1. The summed E-state index contributed by atoms with van der Waals surface area (Å²) in [6, 6.07) is 13.8. The number of hydrogen-bond acceptors (Lipinski definition) is 4. The van der Waals surface area contributed by atoms with Gasteiger partial charge in [-0.15, -0.1) is 0 Å². The first-order valence-electron chi connectivity index (χ1n) is 10.4. The lowest BCUT2D eigenvalue weighted by Crippen LogP contribution is -2.53. The van der Waals surface area contributed by atoms with Gasteiger partial charge in [0, 0.05) is 36.7 Å². The third-order valence-electron chi connectivity index (χ3n) is 6.33. The number of likely N-dealkylation sites (tertiary alicyclic amines) is 1. The normalized spacial score (nSPS) is 22.8. The summed E-state index contributed by atoms with van der Waals surface area (Å²) in [5.74, 6) is 1.59. The number of anilines is 1. The number of amides is 1. The molecule has 0 bridgehead atoms. The van der Waals surface area contributed by atoms with Crippen LogP contribution >= 0.6 is 0 Å². The van der Waals surface area contributed by atoms with E-state index < -0.39 is 0 Å². The lowest BCUT2D eigenvalue weighted by atomic mass is 9.80. The average molecular weight is 395 g/mol. The molecule has 1 saturated heterocycles. The van der Waals surface area contributed by atoms with E-state index >= 15 is 0 Å². The maximum atomic E-state index is 13.3. The van der Waals surface area contributed by atoms with Gasteiger partial charge < -0.3 is 20.1 Å². The van der Waals surface area contributed by atoms with Gasteiger partial charge >= 0.3 is 0 Å². The molecule has 4 rings (SSSR count). The minimum Gasteiger partial charge on any atom is -0.493 e. The number of hydrogen-bond donors (Lipinski definition) is 1. The molecule has 0 aromatic heterocycles. The first kappa shape index (κ1) is 19.6. The third-order valence-corrected chi connectivity index (χ3v) is 6.33. The average Bonchev–Trinajstić information content (AvgIpc) is 3.13. The molecule has 0 spiro atoms. The summed E-state index contributed by atoms with van der Waals surface area (Å²) in [4.78, 5) is 15.3. The van der Waals surface area contributed by atoms with Crippen LogP contribution in [-0.2, 0) is 11.2 Å². The molecule has 0 radical (unpaired) electrons. The van der Waals surface area contributed by atoms with E-state index in [-0.39, 0.29) is 23.3 Å². The zero-order valence-corrected chi connectivity index (χ0v) is 17.5. The van der Waals surface area contributed by atoms with Crippen LogP contribution in [0.15, 0.2) is 42.5 Å². The highest BCUT2D eigenvalue weighted by atomic mass is 16.5. The Morgan fingerprint density at radius 3 is 2.69 bits per heavy atom. The number of ether oxygens (including phenoxy) is 2. The van der Waals surface area contributed by atoms with Gasteiger partial charge in [0.05, 0.1) is 13.0 Å². The van der Waals surface area contributed by atoms with Gasteiger partial charge in [0.25, 0.3) is 0 Å². The molecule has 154 valence electrons. The second kappa shape index (κ2) is 7.62. The highest BCUT2D eigenvalue weighted by Crippen LogP contribution is 2.39. The molecule has 29 heavy (non-hydrogen) atoms. The van der Waals surface area contributed by atoms with Crippen LogP contribution in [0.4, 0.5) is 5.69 Å². The molecule has 1 amide bonds. The highest BCUT2D eigenvalue weighted by molar-refractivity contribution is 5.85. The van der Waals surface area contributed by atoms with Crippen molar-refractivity contribution in [3.8, 4) is 11.5 Å². The van der Waals surface area contributed by atoms with Gasteiger partial charge in [-0.05, 0) is 36.1 Å². The molecule has 5 nitrogen and oxygen atoms in total. The lowest BCUT2D eigenvalue weighted by Gasteiger charge is -2.44. The lowest BCUT2D eigenvalue weighted by molar-refractivity contribution is -0.138. The predicted molar refractivity (Wildman–Crippen MR) is 114 cm³/mol. The van der Waals surface area contributed by atoms with Crippen LogP contribution in [0, 0.1) is 5.41 Å². The smallest absolute Gasteiger partial charge is 0.230 e. The number of rotatable bonds is 4. The van der Waals surface area contributed by atoms with Gasteiger partial charge in [0.1, 0.15) is 6.10 Å². The molecule has 5 heteroatoms. The third kappa shape index (κ3) is 3.78. The van der Waals surface area contributed by atoms with Crippen molar-refractivity contribution in [2.24, 2.45) is 5.41 Å². The molecule has 1 fully saturated rings. The van der Waals surface area contributed by atoms with Crippen LogP contribution in [0.25, 0.3) is 0 Å². The molecule has 0 saturated carbocycles. The minimum absolute atomic E-state index is 0.0000567. The van der Waals surface area contributed by atoms with Gasteiger partial charge in [0.15, 0.2) is 11.5 Å². The molecule has 1 aliphatic heterocycles. The van der Waals surface area contributed by atoms with Crippen molar-refractivity contribution in [2.45, 2.75) is 45.1 Å². The Bertz CT molecular complexity index is 909. The van der Waals surface area contributed by atoms with E-state index in [1.54, 1.807) is 13.2 Å². The van der Waals surface area contributed by atoms with E-state index in [9.17, 15) is 4.79 Å². The summed E-state index contributed by atoms with van der Waals surface area (Å²) in [6.07, 6.45) is 2.70. The molecule has 2 aromatic rings. The Kier molecular flexibility index (Phi) is 5.15. The molecule has 1 aliphatic carbocycles. The topological polar surface area (TPSA) is 64.8 Å². The van der Waals surface area contributed by atoms with Gasteiger partial charge in [-0.3, -0.25) is 4.79 Å². The van der Waals surface area contributed by atoms with E-state index in [4.69, 9.17) is 15.2 Å². The van der Waals surface area contributed by atoms with Crippen molar-refractivity contribution < 1.29 is 14.3 Å². The second-order valence-electron chi connectivity index (χ2n) is 8.84. The summed E-state index contributed by atoms with van der Waals surface area (Å²) in [6.45, 7) is 5.74. The van der Waals surface area contributed by atoms with Gasteiger partial charge in [0.2, 0.25) is 5.91 Å². The van der Waals surface area contributed by atoms with Crippen LogP contribution in [-0.4, -0.2) is 37.1 Å². The van der Waals surface area contributed by atoms with E-state index in [1.165, 1.54) is 11.1 Å². The fourth-order valence-corrected chi connectivity index (χ4v) is 4.71. The first-order valence-corrected chi connectivity index (χ1v) is 10.4. The van der Waals surface area contributed by atoms with Crippen molar-refractivity contribution in [2.75, 3.05) is 25.9 Å². The molecule has 1 heterocycles. The van der Waals surface area contributed by atoms with Gasteiger partial charge in [-0.2, -0.15) is 0 Å². The van der Waals surface area contributed by atoms with Crippen molar-refractivity contribution in [1.82, 2.24) is 4.90 Å². The molecular formula is C24H30N2O3. The van der Waals surface area contributed by atoms with E-state index in [1.807, 2.05) is 23.1 Å². The number of nitrogens with two attached hydrogens (primary N) is 1. The molecular weight excluding hydrogens is 364 g/mol. The number of aryl methyl sites for hydroxylation is 1. The quantitative estimate of drug-likeness (QED) is 0.796. The molecule has 2 atom stereocenters. The van der Waals surface area contributed by atoms with E-state index in [2.05, 4.69) is 32.0 Å². The monoisotopic (exact) mass is 394 g/mol. The number of carbonyl (C=O) groups excluding carboxylic acids is 1. The highest BCUT2D eigenvalue weighted by Gasteiger charge is 2.42. The van der Waals surface area contributed by atoms with Crippen molar-refractivity contribution >= 4 is 11.6 Å². The maximum Gasteiger partial charge on any atom is 0.230 e. The van der Waals surface area contributed by atoms with Gasteiger partial charge in [-0.25, -0.2) is 0 Å². The fourth-order valence-electron chi connectivity index (χ4n) is 4.71. The Hall–Kier alpha value is -2.69. The first-order chi connectivity index (χ1) is 13.9. The minimum atomic E-state index is -0.168. The Morgan fingerprint density at radius 1 is 1.14 bits per heavy atom. The number of fused-ring (bicyclic) bond motifs is 1. The number of nitrogen functional groups attached to an aromatic ring is 1. The van der Waals surface area contributed by atoms with Crippen molar-refractivity contribution in [1.29, 1.82) is 0 Å². The predicted octanol–water partition coefficient (Wildman–Crippen LogP) is 4.01. The van der Waals surface area contributed by atoms with E-state index in [0.29, 0.717) is 30.3 Å². The number of carbonyl (C=O) groups is 1. The Balaban J connectivity index is 1.46. The SMILES string of the molecule is COc1cc(N)ccc1OC1CCN(C(=O)C2CCc3ccccc32)CC1(C)C.